The van der Waals surface area contributed by atoms with Crippen molar-refractivity contribution in [1.82, 2.24) is 9.80 Å². The van der Waals surface area contributed by atoms with Crippen LogP contribution in [0.15, 0.2) is 48.5 Å². The highest BCUT2D eigenvalue weighted by Gasteiger charge is 2.32. The number of non-ortho nitro benzene ring substituents is 1. The molecule has 2 aromatic rings. The zero-order chi connectivity index (χ0) is 23.1. The van der Waals surface area contributed by atoms with Gasteiger partial charge >= 0.3 is 5.97 Å². The van der Waals surface area contributed by atoms with E-state index in [9.17, 15) is 19.7 Å². The minimum Gasteiger partial charge on any atom is -0.468 e. The van der Waals surface area contributed by atoms with Gasteiger partial charge in [0.25, 0.3) is 5.69 Å². The first-order valence-electron chi connectivity index (χ1n) is 10.2. The first kappa shape index (κ1) is 23.6. The van der Waals surface area contributed by atoms with Crippen LogP contribution in [0.5, 0.6) is 0 Å². The number of esters is 1. The summed E-state index contributed by atoms with van der Waals surface area (Å²) in [5.41, 5.74) is 1.21. The van der Waals surface area contributed by atoms with Crippen molar-refractivity contribution >= 4 is 34.9 Å². The van der Waals surface area contributed by atoms with Crippen molar-refractivity contribution in [2.75, 3.05) is 45.2 Å². The molecule has 1 fully saturated rings. The Labute approximate surface area is 191 Å². The van der Waals surface area contributed by atoms with Crippen LogP contribution in [0.3, 0.4) is 0 Å². The van der Waals surface area contributed by atoms with Crippen LogP contribution in [-0.4, -0.2) is 66.4 Å². The average molecular weight is 461 g/mol. The number of carbonyl (C=O) groups is 2. The molecule has 1 aliphatic rings. The Morgan fingerprint density at radius 1 is 1.12 bits per heavy atom. The number of nitro benzene ring substituents is 1. The third-order valence-corrected chi connectivity index (χ3v) is 5.76. The minimum atomic E-state index is -0.568. The highest BCUT2D eigenvalue weighted by molar-refractivity contribution is 6.31. The molecule has 10 heteroatoms. The number of rotatable bonds is 8. The molecule has 170 valence electrons. The Morgan fingerprint density at radius 3 is 2.38 bits per heavy atom. The van der Waals surface area contributed by atoms with Crippen LogP contribution in [0, 0.1) is 10.1 Å². The first-order valence-corrected chi connectivity index (χ1v) is 10.6. The first-order chi connectivity index (χ1) is 15.4. The van der Waals surface area contributed by atoms with Crippen LogP contribution < -0.4 is 5.32 Å². The molecule has 0 radical (unpaired) electrons. The molecule has 32 heavy (non-hydrogen) atoms. The number of nitrogens with one attached hydrogen (secondary N) is 1. The fourth-order valence-corrected chi connectivity index (χ4v) is 3.92. The topological polar surface area (TPSA) is 105 Å². The molecule has 1 aliphatic heterocycles. The van der Waals surface area contributed by atoms with Gasteiger partial charge in [0.15, 0.2) is 0 Å². The monoisotopic (exact) mass is 460 g/mol. The summed E-state index contributed by atoms with van der Waals surface area (Å²) in [6.45, 7) is 3.23. The number of hydrogen-bond acceptors (Lipinski definition) is 7. The van der Waals surface area contributed by atoms with Gasteiger partial charge in [0.1, 0.15) is 6.04 Å². The number of nitro groups is 1. The second kappa shape index (κ2) is 11.0. The van der Waals surface area contributed by atoms with Gasteiger partial charge in [-0.1, -0.05) is 29.8 Å². The Kier molecular flexibility index (Phi) is 8.15. The highest BCUT2D eigenvalue weighted by Crippen LogP contribution is 2.29. The number of benzene rings is 2. The van der Waals surface area contributed by atoms with E-state index in [1.807, 2.05) is 23.1 Å². The lowest BCUT2D eigenvalue weighted by molar-refractivity contribution is -0.384. The SMILES string of the molecule is COC(=O)C(c1ccccc1Cl)N1CCN(CCC(=O)Nc2ccc([N+](=O)[O-])cc2)CC1. The molecule has 1 heterocycles. The summed E-state index contributed by atoms with van der Waals surface area (Å²) in [7, 11) is 1.37. The zero-order valence-corrected chi connectivity index (χ0v) is 18.5. The number of ether oxygens (including phenoxy) is 1. The van der Waals surface area contributed by atoms with Crippen molar-refractivity contribution in [1.29, 1.82) is 0 Å². The van der Waals surface area contributed by atoms with Crippen molar-refractivity contribution < 1.29 is 19.2 Å². The van der Waals surface area contributed by atoms with E-state index < -0.39 is 11.0 Å². The predicted molar refractivity (Wildman–Crippen MR) is 121 cm³/mol. The van der Waals surface area contributed by atoms with E-state index in [1.54, 1.807) is 6.07 Å². The standard InChI is InChI=1S/C22H25ClN4O5/c1-32-22(29)21(18-4-2-3-5-19(18)23)26-14-12-25(13-15-26)11-10-20(28)24-16-6-8-17(9-7-16)27(30)31/h2-9,21H,10-15H2,1H3,(H,24,28). The van der Waals surface area contributed by atoms with Crippen molar-refractivity contribution in [3.05, 3.63) is 69.2 Å². The van der Waals surface area contributed by atoms with Gasteiger partial charge in [-0.3, -0.25) is 19.8 Å². The Bertz CT molecular complexity index is 961. The summed E-state index contributed by atoms with van der Waals surface area (Å²) in [4.78, 5) is 39.1. The van der Waals surface area contributed by atoms with E-state index in [1.165, 1.54) is 31.4 Å². The van der Waals surface area contributed by atoms with Gasteiger partial charge in [-0.2, -0.15) is 0 Å². The van der Waals surface area contributed by atoms with Crippen LogP contribution >= 0.6 is 11.6 Å². The fraction of sp³-hybridized carbons (Fsp3) is 0.364. The second-order valence-electron chi connectivity index (χ2n) is 7.43. The number of halogens is 1. The maximum Gasteiger partial charge on any atom is 0.327 e. The van der Waals surface area contributed by atoms with Crippen molar-refractivity contribution in [2.24, 2.45) is 0 Å². The van der Waals surface area contributed by atoms with Gasteiger partial charge < -0.3 is 15.0 Å². The largest absolute Gasteiger partial charge is 0.468 e. The van der Waals surface area contributed by atoms with E-state index in [2.05, 4.69) is 10.2 Å². The molecule has 0 bridgehead atoms. The number of amides is 1. The Morgan fingerprint density at radius 2 is 1.78 bits per heavy atom. The van der Waals surface area contributed by atoms with Crippen molar-refractivity contribution in [3.8, 4) is 0 Å². The maximum absolute atomic E-state index is 12.5. The van der Waals surface area contributed by atoms with E-state index in [0.717, 1.165) is 5.56 Å². The van der Waals surface area contributed by atoms with Gasteiger partial charge in [-0.25, -0.2) is 4.79 Å². The smallest absolute Gasteiger partial charge is 0.327 e. The van der Waals surface area contributed by atoms with Crippen LogP contribution in [0.4, 0.5) is 11.4 Å². The minimum absolute atomic E-state index is 0.0251. The molecule has 1 atom stereocenters. The molecule has 0 aromatic heterocycles. The molecule has 1 unspecified atom stereocenters. The third-order valence-electron chi connectivity index (χ3n) is 5.41. The summed E-state index contributed by atoms with van der Waals surface area (Å²) in [6, 6.07) is 12.4. The van der Waals surface area contributed by atoms with Gasteiger partial charge in [0.05, 0.1) is 12.0 Å². The van der Waals surface area contributed by atoms with Crippen molar-refractivity contribution in [3.63, 3.8) is 0 Å². The number of nitrogens with zero attached hydrogens (tertiary/aromatic N) is 3. The Hall–Kier alpha value is -3.01. The molecule has 0 saturated carbocycles. The van der Waals surface area contributed by atoms with E-state index >= 15 is 0 Å². The van der Waals surface area contributed by atoms with Crippen LogP contribution in [-0.2, 0) is 14.3 Å². The molecule has 1 N–H and O–H groups in total. The number of piperazine rings is 1. The fourth-order valence-electron chi connectivity index (χ4n) is 3.68. The van der Waals surface area contributed by atoms with Crippen LogP contribution in [0.25, 0.3) is 0 Å². The predicted octanol–water partition coefficient (Wildman–Crippen LogP) is 3.11. The molecule has 9 nitrogen and oxygen atoms in total. The summed E-state index contributed by atoms with van der Waals surface area (Å²) >= 11 is 6.32. The summed E-state index contributed by atoms with van der Waals surface area (Å²) in [5.74, 6) is -0.515. The van der Waals surface area contributed by atoms with E-state index in [4.69, 9.17) is 16.3 Å². The Balaban J connectivity index is 1.50. The number of methoxy groups -OCH3 is 1. The van der Waals surface area contributed by atoms with Crippen molar-refractivity contribution in [2.45, 2.75) is 12.5 Å². The second-order valence-corrected chi connectivity index (χ2v) is 7.83. The number of anilines is 1. The highest BCUT2D eigenvalue weighted by atomic mass is 35.5. The molecule has 1 saturated heterocycles. The van der Waals surface area contributed by atoms with Gasteiger partial charge in [0.2, 0.25) is 5.91 Å². The molecule has 0 spiro atoms. The normalized spacial score (nSPS) is 15.7. The van der Waals surface area contributed by atoms with Gasteiger partial charge in [0, 0.05) is 62.0 Å². The van der Waals surface area contributed by atoms with Gasteiger partial charge in [-0.15, -0.1) is 0 Å². The molecule has 3 rings (SSSR count). The maximum atomic E-state index is 12.5. The van der Waals surface area contributed by atoms with E-state index in [-0.39, 0.29) is 17.6 Å². The molecular formula is C22H25ClN4O5. The molecule has 1 amide bonds. The number of carbonyl (C=O) groups excluding carboxylic acids is 2. The summed E-state index contributed by atoms with van der Waals surface area (Å²) in [5, 5.41) is 14.0. The van der Waals surface area contributed by atoms with Gasteiger partial charge in [-0.05, 0) is 23.8 Å². The third kappa shape index (κ3) is 6.03. The number of hydrogen-bond donors (Lipinski definition) is 1. The van der Waals surface area contributed by atoms with Crippen LogP contribution in [0.2, 0.25) is 5.02 Å². The lowest BCUT2D eigenvalue weighted by atomic mass is 10.0. The average Bonchev–Trinajstić information content (AvgIpc) is 2.80. The lowest BCUT2D eigenvalue weighted by Gasteiger charge is -2.38. The quantitative estimate of drug-likeness (QED) is 0.366. The lowest BCUT2D eigenvalue weighted by Crippen LogP contribution is -2.49. The molecular weight excluding hydrogens is 436 g/mol. The molecule has 2 aromatic carbocycles. The van der Waals surface area contributed by atoms with Crippen LogP contribution in [0.1, 0.15) is 18.0 Å². The molecule has 0 aliphatic carbocycles. The summed E-state index contributed by atoms with van der Waals surface area (Å²) < 4.78 is 5.01. The summed E-state index contributed by atoms with van der Waals surface area (Å²) in [6.07, 6.45) is 0.294. The zero-order valence-electron chi connectivity index (χ0n) is 17.7. The van der Waals surface area contributed by atoms with E-state index in [0.29, 0.717) is 49.9 Å².